The van der Waals surface area contributed by atoms with E-state index in [4.69, 9.17) is 0 Å². The van der Waals surface area contributed by atoms with Crippen molar-refractivity contribution in [2.24, 2.45) is 0 Å². The number of anilines is 2. The van der Waals surface area contributed by atoms with Crippen LogP contribution >= 0.6 is 0 Å². The molecule has 136 valence electrons. The van der Waals surface area contributed by atoms with Gasteiger partial charge in [0.2, 0.25) is 0 Å². The first-order chi connectivity index (χ1) is 12.7. The molecular weight excluding hydrogens is 322 g/mol. The van der Waals surface area contributed by atoms with Crippen molar-refractivity contribution in [2.45, 2.75) is 25.3 Å². The van der Waals surface area contributed by atoms with Gasteiger partial charge in [-0.2, -0.15) is 0 Å². The van der Waals surface area contributed by atoms with Crippen molar-refractivity contribution in [1.29, 1.82) is 0 Å². The van der Waals surface area contributed by atoms with E-state index in [1.165, 1.54) is 12.8 Å². The van der Waals surface area contributed by atoms with Gasteiger partial charge in [-0.25, -0.2) is 0 Å². The van der Waals surface area contributed by atoms with Crippen molar-refractivity contribution in [3.05, 3.63) is 60.2 Å². The summed E-state index contributed by atoms with van der Waals surface area (Å²) in [6.07, 6.45) is 3.73. The Labute approximate surface area is 156 Å². The summed E-state index contributed by atoms with van der Waals surface area (Å²) in [4.78, 5) is 20.0. The highest BCUT2D eigenvalue weighted by Crippen LogP contribution is 2.30. The fourth-order valence-corrected chi connectivity index (χ4v) is 3.85. The summed E-state index contributed by atoms with van der Waals surface area (Å²) in [6, 6.07) is 18.9. The number of hydrogen-bond donors (Lipinski definition) is 0. The number of amides is 1. The third-order valence-corrected chi connectivity index (χ3v) is 5.52. The lowest BCUT2D eigenvalue weighted by molar-refractivity contribution is 0.0761. The van der Waals surface area contributed by atoms with Crippen LogP contribution in [0, 0.1) is 0 Å². The van der Waals surface area contributed by atoms with Crippen LogP contribution in [-0.2, 0) is 0 Å². The largest absolute Gasteiger partial charge is 0.344 e. The van der Waals surface area contributed by atoms with Gasteiger partial charge >= 0.3 is 0 Å². The zero-order chi connectivity index (χ0) is 17.9. The minimum Gasteiger partial charge on any atom is -0.344 e. The molecule has 0 N–H and O–H groups in total. The molecule has 4 heteroatoms. The second-order valence-corrected chi connectivity index (χ2v) is 7.32. The van der Waals surface area contributed by atoms with Crippen molar-refractivity contribution in [1.82, 2.24) is 9.80 Å². The normalized spacial score (nSPS) is 18.4. The Kier molecular flexibility index (Phi) is 4.93. The fourth-order valence-electron chi connectivity index (χ4n) is 3.85. The van der Waals surface area contributed by atoms with Crippen LogP contribution in [0.25, 0.3) is 0 Å². The Morgan fingerprint density at radius 2 is 1.65 bits per heavy atom. The van der Waals surface area contributed by atoms with Gasteiger partial charge < -0.3 is 9.80 Å². The van der Waals surface area contributed by atoms with E-state index in [-0.39, 0.29) is 5.91 Å². The lowest BCUT2D eigenvalue weighted by atomic mass is 10.1. The Bertz CT molecular complexity index is 757. The molecule has 0 radical (unpaired) electrons. The predicted octanol–water partition coefficient (Wildman–Crippen LogP) is 3.76. The molecule has 2 aromatic carbocycles. The first-order valence-corrected chi connectivity index (χ1v) is 9.65. The molecule has 1 aliphatic heterocycles. The van der Waals surface area contributed by atoms with Crippen LogP contribution < -0.4 is 4.90 Å². The van der Waals surface area contributed by atoms with Crippen molar-refractivity contribution >= 4 is 17.3 Å². The molecule has 1 saturated carbocycles. The van der Waals surface area contributed by atoms with Crippen molar-refractivity contribution in [3.63, 3.8) is 0 Å². The van der Waals surface area contributed by atoms with Gasteiger partial charge in [0.25, 0.3) is 5.91 Å². The zero-order valence-corrected chi connectivity index (χ0v) is 15.5. The van der Waals surface area contributed by atoms with Gasteiger partial charge in [-0.1, -0.05) is 30.3 Å². The van der Waals surface area contributed by atoms with Crippen LogP contribution in [0.5, 0.6) is 0 Å². The van der Waals surface area contributed by atoms with Gasteiger partial charge in [-0.05, 0) is 43.5 Å². The monoisotopic (exact) mass is 349 g/mol. The van der Waals surface area contributed by atoms with Gasteiger partial charge in [0.15, 0.2) is 0 Å². The van der Waals surface area contributed by atoms with Crippen molar-refractivity contribution < 1.29 is 4.79 Å². The van der Waals surface area contributed by atoms with Crippen molar-refractivity contribution in [3.8, 4) is 0 Å². The standard InChI is InChI=1S/C22H27N3O/c1-23(18-8-3-2-4-9-18)21-11-6-5-10-20(21)22(26)25-15-7-14-24(16-17-25)19-12-13-19/h2-6,8-11,19H,7,12-17H2,1H3. The zero-order valence-electron chi connectivity index (χ0n) is 15.5. The topological polar surface area (TPSA) is 26.8 Å². The minimum atomic E-state index is 0.154. The molecule has 2 fully saturated rings. The van der Waals surface area contributed by atoms with E-state index in [1.807, 2.05) is 54.4 Å². The summed E-state index contributed by atoms with van der Waals surface area (Å²) >= 11 is 0. The maximum absolute atomic E-state index is 13.3. The number of para-hydroxylation sites is 2. The Morgan fingerprint density at radius 1 is 0.923 bits per heavy atom. The molecule has 2 aromatic rings. The average molecular weight is 349 g/mol. The Hall–Kier alpha value is -2.33. The quantitative estimate of drug-likeness (QED) is 0.841. The summed E-state index contributed by atoms with van der Waals surface area (Å²) in [5.74, 6) is 0.154. The minimum absolute atomic E-state index is 0.154. The van der Waals surface area contributed by atoms with Gasteiger partial charge in [-0.3, -0.25) is 9.69 Å². The molecule has 0 unspecified atom stereocenters. The smallest absolute Gasteiger partial charge is 0.256 e. The molecule has 4 rings (SSSR count). The van der Waals surface area contributed by atoms with Gasteiger partial charge in [0.1, 0.15) is 0 Å². The summed E-state index contributed by atoms with van der Waals surface area (Å²) in [5.41, 5.74) is 2.84. The summed E-state index contributed by atoms with van der Waals surface area (Å²) in [7, 11) is 2.03. The second kappa shape index (κ2) is 7.50. The summed E-state index contributed by atoms with van der Waals surface area (Å²) < 4.78 is 0. The van der Waals surface area contributed by atoms with Crippen LogP contribution in [0.2, 0.25) is 0 Å². The molecule has 0 bridgehead atoms. The number of benzene rings is 2. The predicted molar refractivity (Wildman–Crippen MR) is 106 cm³/mol. The highest BCUT2D eigenvalue weighted by atomic mass is 16.2. The molecular formula is C22H27N3O. The maximum atomic E-state index is 13.3. The van der Waals surface area contributed by atoms with Gasteiger partial charge in [0.05, 0.1) is 11.3 Å². The lowest BCUT2D eigenvalue weighted by Gasteiger charge is -2.26. The SMILES string of the molecule is CN(c1ccccc1)c1ccccc1C(=O)N1CCCN(C2CC2)CC1. The number of nitrogens with zero attached hydrogens (tertiary/aromatic N) is 3. The Balaban J connectivity index is 1.54. The van der Waals surface area contributed by atoms with Crippen LogP contribution in [0.15, 0.2) is 54.6 Å². The van der Waals surface area contributed by atoms with Crippen LogP contribution in [-0.4, -0.2) is 55.0 Å². The number of carbonyl (C=O) groups excluding carboxylic acids is 1. The van der Waals surface area contributed by atoms with E-state index in [9.17, 15) is 4.79 Å². The second-order valence-electron chi connectivity index (χ2n) is 7.32. The molecule has 26 heavy (non-hydrogen) atoms. The Morgan fingerprint density at radius 3 is 2.42 bits per heavy atom. The first kappa shape index (κ1) is 17.1. The molecule has 1 amide bonds. The molecule has 1 aliphatic carbocycles. The molecule has 1 saturated heterocycles. The molecule has 0 aromatic heterocycles. The number of carbonyl (C=O) groups is 1. The van der Waals surface area contributed by atoms with E-state index in [1.54, 1.807) is 0 Å². The maximum Gasteiger partial charge on any atom is 0.256 e. The van der Waals surface area contributed by atoms with E-state index >= 15 is 0 Å². The third-order valence-electron chi connectivity index (χ3n) is 5.52. The third kappa shape index (κ3) is 3.61. The van der Waals surface area contributed by atoms with Crippen LogP contribution in [0.1, 0.15) is 29.6 Å². The van der Waals surface area contributed by atoms with E-state index in [2.05, 4.69) is 21.9 Å². The first-order valence-electron chi connectivity index (χ1n) is 9.65. The van der Waals surface area contributed by atoms with E-state index in [0.717, 1.165) is 55.6 Å². The fraction of sp³-hybridized carbons (Fsp3) is 0.409. The molecule has 2 aliphatic rings. The van der Waals surface area contributed by atoms with E-state index in [0.29, 0.717) is 0 Å². The highest BCUT2D eigenvalue weighted by Gasteiger charge is 2.31. The molecule has 1 heterocycles. The lowest BCUT2D eigenvalue weighted by Crippen LogP contribution is -2.36. The molecule has 0 spiro atoms. The van der Waals surface area contributed by atoms with E-state index < -0.39 is 0 Å². The number of hydrogen-bond acceptors (Lipinski definition) is 3. The summed E-state index contributed by atoms with van der Waals surface area (Å²) in [6.45, 7) is 3.82. The number of rotatable bonds is 4. The van der Waals surface area contributed by atoms with Crippen LogP contribution in [0.3, 0.4) is 0 Å². The highest BCUT2D eigenvalue weighted by molar-refractivity contribution is 6.00. The summed E-state index contributed by atoms with van der Waals surface area (Å²) in [5, 5.41) is 0. The molecule has 4 nitrogen and oxygen atoms in total. The van der Waals surface area contributed by atoms with Crippen LogP contribution in [0.4, 0.5) is 11.4 Å². The van der Waals surface area contributed by atoms with Crippen molar-refractivity contribution in [2.75, 3.05) is 38.1 Å². The molecule has 0 atom stereocenters. The van der Waals surface area contributed by atoms with Gasteiger partial charge in [0, 0.05) is 45.0 Å². The van der Waals surface area contributed by atoms with Gasteiger partial charge in [-0.15, -0.1) is 0 Å². The average Bonchev–Trinajstić information content (AvgIpc) is 3.54.